The van der Waals surface area contributed by atoms with Gasteiger partial charge >= 0.3 is 5.97 Å². The maximum absolute atomic E-state index is 15.2. The largest absolute Gasteiger partial charge is 0.477 e. The van der Waals surface area contributed by atoms with E-state index in [9.17, 15) is 24.3 Å². The molecule has 0 radical (unpaired) electrons. The number of rotatable bonds is 8. The Bertz CT molecular complexity index is 1740. The first kappa shape index (κ1) is 29.1. The highest BCUT2D eigenvalue weighted by atomic mass is 32.2. The smallest absolute Gasteiger partial charge is 0.352 e. The fraction of sp³-hybridized carbons (Fsp3) is 0.423. The maximum Gasteiger partial charge on any atom is 0.352 e. The van der Waals surface area contributed by atoms with E-state index in [4.69, 9.17) is 0 Å². The minimum Gasteiger partial charge on any atom is -0.477 e. The van der Waals surface area contributed by atoms with Crippen molar-refractivity contribution in [3.8, 4) is 0 Å². The first-order valence-corrected chi connectivity index (χ1v) is 15.6. The summed E-state index contributed by atoms with van der Waals surface area (Å²) in [5, 5.41) is 26.9. The number of β-lactam (4-membered cyclic amide) rings is 1. The van der Waals surface area contributed by atoms with Gasteiger partial charge in [-0.2, -0.15) is 0 Å². The first-order valence-electron chi connectivity index (χ1n) is 13.6. The normalized spacial score (nSPS) is 20.3. The van der Waals surface area contributed by atoms with Crippen LogP contribution in [-0.4, -0.2) is 102 Å². The Kier molecular flexibility index (Phi) is 7.87. The van der Waals surface area contributed by atoms with Gasteiger partial charge in [-0.25, -0.2) is 13.9 Å². The molecule has 1 aromatic carbocycles. The third-order valence-electron chi connectivity index (χ3n) is 7.68. The summed E-state index contributed by atoms with van der Waals surface area (Å²) in [5.74, 6) is -2.60. The zero-order chi connectivity index (χ0) is 30.4. The lowest BCUT2D eigenvalue weighted by Gasteiger charge is -2.49. The summed E-state index contributed by atoms with van der Waals surface area (Å²) in [4.78, 5) is 55.3. The van der Waals surface area contributed by atoms with Gasteiger partial charge in [0.05, 0.1) is 11.2 Å². The third kappa shape index (κ3) is 5.14. The molecular formula is C26H28FN9O5S2. The molecule has 3 aromatic rings. The average Bonchev–Trinajstić information content (AvgIpc) is 3.42. The number of tetrazole rings is 1. The van der Waals surface area contributed by atoms with Crippen molar-refractivity contribution >= 4 is 57.9 Å². The standard InChI is InChI=1S/C26H28FN9O5S2/c1-3-34-10-15(21(37)14-8-16(27)18(9-17(14)34)35-6-4-28-5-7-35)22(38)29-19-23(39)36-20(25(40)41)13(11-42-24(19)36)12-43-26-30-31-32-33(26)2/h8-10,19,24,28H,3-7,11-12H2,1-2H3,(H,29,38)(H,40,41). The highest BCUT2D eigenvalue weighted by molar-refractivity contribution is 8.01. The van der Waals surface area contributed by atoms with Crippen molar-refractivity contribution in [1.82, 2.24) is 40.3 Å². The van der Waals surface area contributed by atoms with Crippen molar-refractivity contribution in [1.29, 1.82) is 0 Å². The minimum absolute atomic E-state index is 0.0656. The molecule has 2 saturated heterocycles. The summed E-state index contributed by atoms with van der Waals surface area (Å²) in [5.41, 5.74) is 0.437. The number of fused-ring (bicyclic) bond motifs is 2. The fourth-order valence-corrected chi connectivity index (χ4v) is 7.81. The van der Waals surface area contributed by atoms with Crippen LogP contribution in [0.4, 0.5) is 10.1 Å². The fourth-order valence-electron chi connectivity index (χ4n) is 5.48. The van der Waals surface area contributed by atoms with E-state index in [-0.39, 0.29) is 22.4 Å². The van der Waals surface area contributed by atoms with E-state index in [1.165, 1.54) is 45.4 Å². The van der Waals surface area contributed by atoms with E-state index in [0.29, 0.717) is 47.3 Å². The molecule has 14 nitrogen and oxygen atoms in total. The zero-order valence-corrected chi connectivity index (χ0v) is 24.9. The highest BCUT2D eigenvalue weighted by Crippen LogP contribution is 2.41. The van der Waals surface area contributed by atoms with Crippen molar-refractivity contribution < 1.29 is 23.9 Å². The molecule has 43 heavy (non-hydrogen) atoms. The number of nitrogens with one attached hydrogen (secondary N) is 2. The van der Waals surface area contributed by atoms with Crippen molar-refractivity contribution in [3.05, 3.63) is 51.2 Å². The third-order valence-corrected chi connectivity index (χ3v) is 10.1. The van der Waals surface area contributed by atoms with Gasteiger partial charge < -0.3 is 25.2 Å². The number of hydrogen-bond acceptors (Lipinski definition) is 11. The van der Waals surface area contributed by atoms with Crippen LogP contribution in [0.25, 0.3) is 10.9 Å². The van der Waals surface area contributed by atoms with Gasteiger partial charge in [0.1, 0.15) is 28.5 Å². The predicted molar refractivity (Wildman–Crippen MR) is 157 cm³/mol. The van der Waals surface area contributed by atoms with E-state index in [2.05, 4.69) is 26.2 Å². The van der Waals surface area contributed by atoms with Crippen LogP contribution >= 0.6 is 23.5 Å². The topological polar surface area (TPSA) is 168 Å². The maximum atomic E-state index is 15.2. The van der Waals surface area contributed by atoms with Gasteiger partial charge in [0, 0.05) is 62.9 Å². The molecule has 3 aliphatic heterocycles. The summed E-state index contributed by atoms with van der Waals surface area (Å²) < 4.78 is 18.4. The molecule has 3 N–H and O–H groups in total. The highest BCUT2D eigenvalue weighted by Gasteiger charge is 2.54. The number of pyridine rings is 1. The van der Waals surface area contributed by atoms with E-state index < -0.39 is 40.4 Å². The lowest BCUT2D eigenvalue weighted by Crippen LogP contribution is -2.70. The number of carboxylic acid groups (broad SMARTS) is 1. The van der Waals surface area contributed by atoms with E-state index >= 15 is 4.39 Å². The number of aryl methyl sites for hydroxylation is 2. The van der Waals surface area contributed by atoms with Crippen molar-refractivity contribution in [2.75, 3.05) is 42.6 Å². The van der Waals surface area contributed by atoms with Gasteiger partial charge in [-0.05, 0) is 35.1 Å². The SMILES string of the molecule is CCn1cc(C(=O)NC2C(=O)N3C(C(=O)O)=C(CSc4nnnn4C)CSC23)c(=O)c2cc(F)c(N3CCNCC3)cc21. The van der Waals surface area contributed by atoms with Crippen LogP contribution < -0.4 is 21.0 Å². The number of hydrogen-bond donors (Lipinski definition) is 3. The number of carboxylic acids is 1. The number of thioether (sulfide) groups is 2. The quantitative estimate of drug-likeness (QED) is 0.230. The van der Waals surface area contributed by atoms with Gasteiger partial charge in [0.25, 0.3) is 11.8 Å². The van der Waals surface area contributed by atoms with Crippen LogP contribution in [0.15, 0.2) is 39.6 Å². The van der Waals surface area contributed by atoms with Crippen molar-refractivity contribution in [2.24, 2.45) is 7.05 Å². The number of benzene rings is 1. The Morgan fingerprint density at radius 1 is 1.26 bits per heavy atom. The van der Waals surface area contributed by atoms with E-state index in [1.54, 1.807) is 17.7 Å². The minimum atomic E-state index is -1.25. The molecule has 2 amide bonds. The van der Waals surface area contributed by atoms with E-state index in [1.807, 2.05) is 11.8 Å². The van der Waals surface area contributed by atoms with Crippen LogP contribution in [0, 0.1) is 5.82 Å². The lowest BCUT2D eigenvalue weighted by molar-refractivity contribution is -0.148. The molecule has 17 heteroatoms. The Morgan fingerprint density at radius 2 is 2.02 bits per heavy atom. The van der Waals surface area contributed by atoms with Crippen LogP contribution in [0.5, 0.6) is 0 Å². The Balaban J connectivity index is 1.24. The molecule has 0 saturated carbocycles. The summed E-state index contributed by atoms with van der Waals surface area (Å²) in [6, 6.07) is 1.79. The number of anilines is 1. The molecule has 2 atom stereocenters. The number of halogens is 1. The van der Waals surface area contributed by atoms with Crippen molar-refractivity contribution in [2.45, 2.75) is 30.0 Å². The number of piperazine rings is 1. The summed E-state index contributed by atoms with van der Waals surface area (Å²) in [7, 11) is 1.67. The molecule has 0 bridgehead atoms. The molecule has 2 fully saturated rings. The second-order valence-electron chi connectivity index (χ2n) is 10.2. The number of aromatic nitrogens is 5. The number of aliphatic carboxylic acids is 1. The van der Waals surface area contributed by atoms with Gasteiger partial charge in [0.2, 0.25) is 10.6 Å². The molecule has 5 heterocycles. The molecule has 0 aliphatic carbocycles. The molecule has 6 rings (SSSR count). The van der Waals surface area contributed by atoms with Gasteiger partial charge in [-0.1, -0.05) is 11.8 Å². The van der Waals surface area contributed by atoms with Gasteiger partial charge in [-0.3, -0.25) is 19.3 Å². The second-order valence-corrected chi connectivity index (χ2v) is 12.3. The Morgan fingerprint density at radius 3 is 2.70 bits per heavy atom. The number of carbonyl (C=O) groups excluding carboxylic acids is 2. The summed E-state index contributed by atoms with van der Waals surface area (Å²) in [6.07, 6.45) is 1.42. The van der Waals surface area contributed by atoms with Crippen molar-refractivity contribution in [3.63, 3.8) is 0 Å². The second kappa shape index (κ2) is 11.6. The number of carbonyl (C=O) groups is 3. The first-order chi connectivity index (χ1) is 20.7. The molecule has 3 aliphatic rings. The zero-order valence-electron chi connectivity index (χ0n) is 23.2. The summed E-state index contributed by atoms with van der Waals surface area (Å²) in [6.45, 7) is 4.96. The van der Waals surface area contributed by atoms with Gasteiger partial charge in [0.15, 0.2) is 0 Å². The van der Waals surface area contributed by atoms with Crippen LogP contribution in [0.3, 0.4) is 0 Å². The summed E-state index contributed by atoms with van der Waals surface area (Å²) >= 11 is 2.57. The lowest BCUT2D eigenvalue weighted by atomic mass is 10.0. The molecular weight excluding hydrogens is 601 g/mol. The monoisotopic (exact) mass is 629 g/mol. The molecule has 226 valence electrons. The average molecular weight is 630 g/mol. The molecule has 2 unspecified atom stereocenters. The molecule has 0 spiro atoms. The van der Waals surface area contributed by atoms with E-state index in [0.717, 1.165) is 13.1 Å². The Hall–Kier alpha value is -3.96. The van der Waals surface area contributed by atoms with Crippen LogP contribution in [0.2, 0.25) is 0 Å². The van der Waals surface area contributed by atoms with Gasteiger partial charge in [-0.15, -0.1) is 16.9 Å². The van der Waals surface area contributed by atoms with Crippen LogP contribution in [-0.2, 0) is 23.2 Å². The number of nitrogens with zero attached hydrogens (tertiary/aromatic N) is 7. The predicted octanol–water partition coefficient (Wildman–Crippen LogP) is 0.238. The molecule has 2 aromatic heterocycles. The number of amides is 2. The Labute approximate surface area is 252 Å². The van der Waals surface area contributed by atoms with Crippen LogP contribution in [0.1, 0.15) is 17.3 Å².